The van der Waals surface area contributed by atoms with E-state index in [-0.39, 0.29) is 18.5 Å². The topological polar surface area (TPSA) is 50.4 Å². The second kappa shape index (κ2) is 7.13. The Hall–Kier alpha value is -2.01. The van der Waals surface area contributed by atoms with Crippen molar-refractivity contribution in [3.63, 3.8) is 0 Å². The van der Waals surface area contributed by atoms with Crippen molar-refractivity contribution in [3.05, 3.63) is 46.2 Å². The highest BCUT2D eigenvalue weighted by atomic mass is 32.1. The van der Waals surface area contributed by atoms with Crippen LogP contribution in [0.4, 0.5) is 5.69 Å². The van der Waals surface area contributed by atoms with Gasteiger partial charge in [-0.3, -0.25) is 4.79 Å². The predicted octanol–water partition coefficient (Wildman–Crippen LogP) is 3.35. The van der Waals surface area contributed by atoms with Crippen molar-refractivity contribution in [1.29, 1.82) is 0 Å². The van der Waals surface area contributed by atoms with Gasteiger partial charge in [-0.05, 0) is 43.0 Å². The van der Waals surface area contributed by atoms with Gasteiger partial charge in [-0.25, -0.2) is 0 Å². The molecule has 0 aliphatic heterocycles. The summed E-state index contributed by atoms with van der Waals surface area (Å²) in [5.41, 5.74) is 1.95. The van der Waals surface area contributed by atoms with Crippen molar-refractivity contribution in [1.82, 2.24) is 5.32 Å². The number of hydrogen-bond donors (Lipinski definition) is 2. The first-order valence-corrected chi connectivity index (χ1v) is 7.69. The molecule has 1 heterocycles. The first-order valence-electron chi connectivity index (χ1n) is 6.81. The highest BCUT2D eigenvalue weighted by Crippen LogP contribution is 2.25. The maximum Gasteiger partial charge on any atom is 0.239 e. The molecule has 0 spiro atoms. The van der Waals surface area contributed by atoms with Crippen LogP contribution in [0.1, 0.15) is 23.4 Å². The van der Waals surface area contributed by atoms with Gasteiger partial charge in [-0.1, -0.05) is 12.1 Å². The molecule has 1 aromatic carbocycles. The van der Waals surface area contributed by atoms with E-state index in [9.17, 15) is 4.79 Å². The summed E-state index contributed by atoms with van der Waals surface area (Å²) >= 11 is 1.64. The van der Waals surface area contributed by atoms with Gasteiger partial charge in [0.2, 0.25) is 5.91 Å². The molecule has 1 atom stereocenters. The van der Waals surface area contributed by atoms with E-state index in [2.05, 4.69) is 10.6 Å². The van der Waals surface area contributed by atoms with Gasteiger partial charge in [0.05, 0.1) is 25.4 Å². The number of hydrogen-bond acceptors (Lipinski definition) is 4. The average Bonchev–Trinajstić information content (AvgIpc) is 2.99. The summed E-state index contributed by atoms with van der Waals surface area (Å²) in [6.07, 6.45) is 0. The van der Waals surface area contributed by atoms with Crippen LogP contribution in [0.15, 0.2) is 35.7 Å². The number of ether oxygens (including phenoxy) is 1. The lowest BCUT2D eigenvalue weighted by Crippen LogP contribution is -2.31. The van der Waals surface area contributed by atoms with Crippen molar-refractivity contribution in [2.75, 3.05) is 19.0 Å². The Morgan fingerprint density at radius 2 is 2.19 bits per heavy atom. The van der Waals surface area contributed by atoms with Gasteiger partial charge in [-0.15, -0.1) is 11.3 Å². The van der Waals surface area contributed by atoms with Gasteiger partial charge in [-0.2, -0.15) is 0 Å². The van der Waals surface area contributed by atoms with Crippen LogP contribution in [0.2, 0.25) is 0 Å². The molecule has 112 valence electrons. The third-order valence-electron chi connectivity index (χ3n) is 3.14. The normalized spacial score (nSPS) is 11.8. The molecule has 0 saturated carbocycles. The minimum absolute atomic E-state index is 0.0266. The number of rotatable bonds is 6. The van der Waals surface area contributed by atoms with E-state index in [0.29, 0.717) is 0 Å². The molecule has 1 aromatic heterocycles. The minimum atomic E-state index is -0.0422. The summed E-state index contributed by atoms with van der Waals surface area (Å²) < 4.78 is 5.28. The van der Waals surface area contributed by atoms with Gasteiger partial charge in [0, 0.05) is 4.88 Å². The Balaban J connectivity index is 1.91. The Morgan fingerprint density at radius 3 is 2.86 bits per heavy atom. The Labute approximate surface area is 129 Å². The summed E-state index contributed by atoms with van der Waals surface area (Å²) in [7, 11) is 1.62. The van der Waals surface area contributed by atoms with E-state index >= 15 is 0 Å². The second-order valence-corrected chi connectivity index (χ2v) is 5.84. The average molecular weight is 304 g/mol. The van der Waals surface area contributed by atoms with Crippen molar-refractivity contribution >= 4 is 22.9 Å². The monoisotopic (exact) mass is 304 g/mol. The van der Waals surface area contributed by atoms with E-state index in [4.69, 9.17) is 4.74 Å². The fourth-order valence-electron chi connectivity index (χ4n) is 2.04. The lowest BCUT2D eigenvalue weighted by atomic mass is 10.2. The first kappa shape index (κ1) is 15.4. The van der Waals surface area contributed by atoms with E-state index in [1.807, 2.05) is 49.6 Å². The Kier molecular flexibility index (Phi) is 5.22. The number of thiophene rings is 1. The molecular formula is C16H20N2O2S. The fraction of sp³-hybridized carbons (Fsp3) is 0.312. The van der Waals surface area contributed by atoms with Crippen LogP contribution in [0, 0.1) is 6.92 Å². The third kappa shape index (κ3) is 4.23. The maximum absolute atomic E-state index is 12.0. The highest BCUT2D eigenvalue weighted by molar-refractivity contribution is 7.10. The molecule has 4 nitrogen and oxygen atoms in total. The lowest BCUT2D eigenvalue weighted by molar-refractivity contribution is -0.120. The molecule has 2 aromatic rings. The molecule has 0 aliphatic carbocycles. The third-order valence-corrected chi connectivity index (χ3v) is 4.20. The van der Waals surface area contributed by atoms with Crippen molar-refractivity contribution in [2.24, 2.45) is 0 Å². The summed E-state index contributed by atoms with van der Waals surface area (Å²) in [5, 5.41) is 8.10. The molecule has 0 bridgehead atoms. The summed E-state index contributed by atoms with van der Waals surface area (Å²) in [5.74, 6) is 0.694. The molecule has 0 aliphatic rings. The smallest absolute Gasteiger partial charge is 0.239 e. The zero-order chi connectivity index (χ0) is 15.2. The molecule has 5 heteroatoms. The largest absolute Gasteiger partial charge is 0.495 e. The van der Waals surface area contributed by atoms with Gasteiger partial charge in [0.15, 0.2) is 0 Å². The lowest BCUT2D eigenvalue weighted by Gasteiger charge is -2.15. The van der Waals surface area contributed by atoms with Crippen LogP contribution in [0.25, 0.3) is 0 Å². The SMILES string of the molecule is COc1ccc(C)cc1NCC(=O)NC(C)c1cccs1. The summed E-state index contributed by atoms with van der Waals surface area (Å²) in [6, 6.07) is 9.87. The van der Waals surface area contributed by atoms with E-state index < -0.39 is 0 Å². The molecule has 0 saturated heterocycles. The van der Waals surface area contributed by atoms with Crippen LogP contribution < -0.4 is 15.4 Å². The van der Waals surface area contributed by atoms with Crippen LogP contribution in [0.3, 0.4) is 0 Å². The van der Waals surface area contributed by atoms with Crippen molar-refractivity contribution in [3.8, 4) is 5.75 Å². The molecule has 2 rings (SSSR count). The molecule has 2 N–H and O–H groups in total. The Morgan fingerprint density at radius 1 is 1.38 bits per heavy atom. The number of amides is 1. The number of carbonyl (C=O) groups is 1. The number of nitrogens with one attached hydrogen (secondary N) is 2. The Bertz CT molecular complexity index is 596. The number of anilines is 1. The highest BCUT2D eigenvalue weighted by Gasteiger charge is 2.11. The quantitative estimate of drug-likeness (QED) is 0.860. The second-order valence-electron chi connectivity index (χ2n) is 4.86. The van der Waals surface area contributed by atoms with Crippen molar-refractivity contribution in [2.45, 2.75) is 19.9 Å². The molecule has 21 heavy (non-hydrogen) atoms. The number of methoxy groups -OCH3 is 1. The van der Waals surface area contributed by atoms with E-state index in [0.717, 1.165) is 21.9 Å². The zero-order valence-corrected chi connectivity index (χ0v) is 13.3. The van der Waals surface area contributed by atoms with Gasteiger partial charge < -0.3 is 15.4 Å². The molecule has 1 amide bonds. The van der Waals surface area contributed by atoms with Gasteiger partial charge in [0.25, 0.3) is 0 Å². The first-order chi connectivity index (χ1) is 10.1. The number of carbonyl (C=O) groups excluding carboxylic acids is 1. The van der Waals surface area contributed by atoms with E-state index in [1.54, 1.807) is 18.4 Å². The molecule has 0 radical (unpaired) electrons. The molecular weight excluding hydrogens is 284 g/mol. The van der Waals surface area contributed by atoms with E-state index in [1.165, 1.54) is 0 Å². The standard InChI is InChI=1S/C16H20N2O2S/c1-11-6-7-14(20-3)13(9-11)17-10-16(19)18-12(2)15-5-4-8-21-15/h4-9,12,17H,10H2,1-3H3,(H,18,19). The predicted molar refractivity (Wildman–Crippen MR) is 87.1 cm³/mol. The minimum Gasteiger partial charge on any atom is -0.495 e. The zero-order valence-electron chi connectivity index (χ0n) is 12.5. The van der Waals surface area contributed by atoms with Gasteiger partial charge >= 0.3 is 0 Å². The molecule has 1 unspecified atom stereocenters. The molecule has 0 fully saturated rings. The summed E-state index contributed by atoms with van der Waals surface area (Å²) in [6.45, 7) is 4.20. The van der Waals surface area contributed by atoms with Crippen LogP contribution in [-0.4, -0.2) is 19.6 Å². The van der Waals surface area contributed by atoms with Crippen LogP contribution in [0.5, 0.6) is 5.75 Å². The number of benzene rings is 1. The van der Waals surface area contributed by atoms with Crippen LogP contribution >= 0.6 is 11.3 Å². The van der Waals surface area contributed by atoms with Crippen LogP contribution in [-0.2, 0) is 4.79 Å². The fourth-order valence-corrected chi connectivity index (χ4v) is 2.77. The maximum atomic E-state index is 12.0. The number of aryl methyl sites for hydroxylation is 1. The summed E-state index contributed by atoms with van der Waals surface area (Å²) in [4.78, 5) is 13.1. The van der Waals surface area contributed by atoms with Crippen molar-refractivity contribution < 1.29 is 9.53 Å². The van der Waals surface area contributed by atoms with Gasteiger partial charge in [0.1, 0.15) is 5.75 Å².